The highest BCUT2D eigenvalue weighted by molar-refractivity contribution is 7.99. The zero-order valence-electron chi connectivity index (χ0n) is 14.6. The number of amides is 2. The number of aromatic nitrogens is 2. The molecule has 10 heteroatoms. The molecule has 1 saturated heterocycles. The molecule has 3 rings (SSSR count). The zero-order valence-corrected chi connectivity index (χ0v) is 16.9. The van der Waals surface area contributed by atoms with Gasteiger partial charge in [0.2, 0.25) is 17.7 Å². The number of hydrogen-bond acceptors (Lipinski definition) is 6. The highest BCUT2D eigenvalue weighted by Gasteiger charge is 2.22. The van der Waals surface area contributed by atoms with Crippen molar-refractivity contribution in [3.63, 3.8) is 0 Å². The van der Waals surface area contributed by atoms with Gasteiger partial charge in [-0.1, -0.05) is 41.0 Å². The third-order valence-electron chi connectivity index (χ3n) is 4.09. The van der Waals surface area contributed by atoms with Crippen LogP contribution in [0.1, 0.15) is 37.3 Å². The van der Waals surface area contributed by atoms with Gasteiger partial charge in [-0.3, -0.25) is 9.59 Å². The van der Waals surface area contributed by atoms with E-state index in [9.17, 15) is 9.59 Å². The van der Waals surface area contributed by atoms with Crippen molar-refractivity contribution in [2.45, 2.75) is 37.6 Å². The Balaban J connectivity index is 1.47. The van der Waals surface area contributed by atoms with Gasteiger partial charge in [0.25, 0.3) is 5.22 Å². The van der Waals surface area contributed by atoms with E-state index in [1.54, 1.807) is 17.0 Å². The number of likely N-dealkylation sites (tertiary alicyclic amines) is 1. The molecule has 1 atom stereocenters. The molecule has 0 spiro atoms. The van der Waals surface area contributed by atoms with Crippen molar-refractivity contribution in [2.75, 3.05) is 12.3 Å². The topological polar surface area (TPSA) is 88.3 Å². The Kier molecular flexibility index (Phi) is 6.62. The molecule has 2 heterocycles. The summed E-state index contributed by atoms with van der Waals surface area (Å²) in [6.07, 6.45) is 1.42. The second kappa shape index (κ2) is 8.95. The molecule has 1 aliphatic rings. The average molecular weight is 429 g/mol. The van der Waals surface area contributed by atoms with Gasteiger partial charge in [-0.2, -0.15) is 0 Å². The predicted molar refractivity (Wildman–Crippen MR) is 103 cm³/mol. The highest BCUT2D eigenvalue weighted by Crippen LogP contribution is 2.26. The number of rotatable bonds is 7. The zero-order chi connectivity index (χ0) is 19.4. The van der Waals surface area contributed by atoms with Crippen molar-refractivity contribution in [3.05, 3.63) is 39.7 Å². The van der Waals surface area contributed by atoms with Crippen molar-refractivity contribution in [1.82, 2.24) is 20.4 Å². The van der Waals surface area contributed by atoms with Gasteiger partial charge in [-0.25, -0.2) is 0 Å². The van der Waals surface area contributed by atoms with Crippen LogP contribution in [0, 0.1) is 0 Å². The molecule has 2 aromatic rings. The number of thioether (sulfide) groups is 1. The SMILES string of the molecule is CC(NC(=O)CSc1nnc(CN2CCCC2=O)o1)c1ccc(Cl)c(Cl)c1. The predicted octanol–water partition coefficient (Wildman–Crippen LogP) is 3.47. The number of carbonyl (C=O) groups is 2. The van der Waals surface area contributed by atoms with E-state index in [4.69, 9.17) is 27.6 Å². The van der Waals surface area contributed by atoms with Crippen molar-refractivity contribution in [3.8, 4) is 0 Å². The van der Waals surface area contributed by atoms with Crippen LogP contribution in [-0.4, -0.2) is 39.2 Å². The summed E-state index contributed by atoms with van der Waals surface area (Å²) >= 11 is 13.1. The van der Waals surface area contributed by atoms with Gasteiger partial charge in [0.1, 0.15) is 0 Å². The van der Waals surface area contributed by atoms with Crippen LogP contribution in [0.15, 0.2) is 27.8 Å². The maximum atomic E-state index is 12.1. The van der Waals surface area contributed by atoms with Crippen molar-refractivity contribution in [2.24, 2.45) is 0 Å². The summed E-state index contributed by atoms with van der Waals surface area (Å²) in [7, 11) is 0. The fourth-order valence-corrected chi connectivity index (χ4v) is 3.57. The van der Waals surface area contributed by atoms with E-state index in [0.29, 0.717) is 40.7 Å². The molecule has 0 bridgehead atoms. The van der Waals surface area contributed by atoms with Crippen LogP contribution < -0.4 is 5.32 Å². The monoisotopic (exact) mass is 428 g/mol. The van der Waals surface area contributed by atoms with Crippen molar-refractivity contribution in [1.29, 1.82) is 0 Å². The van der Waals surface area contributed by atoms with Gasteiger partial charge in [0, 0.05) is 13.0 Å². The minimum Gasteiger partial charge on any atom is -0.414 e. The molecule has 7 nitrogen and oxygen atoms in total. The molecular formula is C17H18Cl2N4O3S. The Morgan fingerprint density at radius 2 is 2.19 bits per heavy atom. The van der Waals surface area contributed by atoms with Crippen LogP contribution in [0.2, 0.25) is 10.0 Å². The van der Waals surface area contributed by atoms with Gasteiger partial charge in [-0.15, -0.1) is 10.2 Å². The summed E-state index contributed by atoms with van der Waals surface area (Å²) in [5.41, 5.74) is 0.859. The fourth-order valence-electron chi connectivity index (χ4n) is 2.67. The van der Waals surface area contributed by atoms with E-state index in [1.807, 2.05) is 13.0 Å². The Hall–Kier alpha value is -1.77. The molecule has 1 fully saturated rings. The highest BCUT2D eigenvalue weighted by atomic mass is 35.5. The third kappa shape index (κ3) is 5.37. The van der Waals surface area contributed by atoms with Crippen LogP contribution in [0.25, 0.3) is 0 Å². The molecule has 1 N–H and O–H groups in total. The lowest BCUT2D eigenvalue weighted by molar-refractivity contribution is -0.128. The Bertz CT molecular complexity index is 845. The van der Waals surface area contributed by atoms with Gasteiger partial charge < -0.3 is 14.6 Å². The van der Waals surface area contributed by atoms with E-state index in [2.05, 4.69) is 15.5 Å². The van der Waals surface area contributed by atoms with E-state index < -0.39 is 0 Å². The molecule has 1 aromatic heterocycles. The lowest BCUT2D eigenvalue weighted by Gasteiger charge is -2.14. The minimum absolute atomic E-state index is 0.0954. The fraction of sp³-hybridized carbons (Fsp3) is 0.412. The van der Waals surface area contributed by atoms with Gasteiger partial charge in [-0.05, 0) is 31.0 Å². The van der Waals surface area contributed by atoms with Gasteiger partial charge in [0.15, 0.2) is 0 Å². The maximum absolute atomic E-state index is 12.1. The summed E-state index contributed by atoms with van der Waals surface area (Å²) in [6.45, 7) is 2.88. The van der Waals surface area contributed by atoms with Gasteiger partial charge >= 0.3 is 0 Å². The first kappa shape index (κ1) is 20.0. The lowest BCUT2D eigenvalue weighted by atomic mass is 10.1. The summed E-state index contributed by atoms with van der Waals surface area (Å²) in [4.78, 5) is 25.5. The number of benzene rings is 1. The third-order valence-corrected chi connectivity index (χ3v) is 5.65. The first-order valence-corrected chi connectivity index (χ1v) is 10.1. The normalized spacial score (nSPS) is 15.2. The molecule has 0 radical (unpaired) electrons. The summed E-state index contributed by atoms with van der Waals surface area (Å²) in [5, 5.41) is 11.9. The van der Waals surface area contributed by atoms with E-state index in [-0.39, 0.29) is 23.6 Å². The van der Waals surface area contributed by atoms with E-state index in [1.165, 1.54) is 0 Å². The van der Waals surface area contributed by atoms with Crippen molar-refractivity contribution >= 4 is 46.8 Å². The van der Waals surface area contributed by atoms with Crippen LogP contribution in [0.3, 0.4) is 0 Å². The molecule has 1 unspecified atom stereocenters. The van der Waals surface area contributed by atoms with Crippen LogP contribution in [0.5, 0.6) is 0 Å². The number of carbonyl (C=O) groups excluding carboxylic acids is 2. The first-order chi connectivity index (χ1) is 12.9. The standard InChI is InChI=1S/C17H18Cl2N4O3S/c1-10(11-4-5-12(18)13(19)7-11)20-14(24)9-27-17-22-21-15(26-17)8-23-6-2-3-16(23)25/h4-5,7,10H,2-3,6,8-9H2,1H3,(H,20,24). The van der Waals surface area contributed by atoms with Crippen LogP contribution in [0.4, 0.5) is 0 Å². The van der Waals surface area contributed by atoms with Gasteiger partial charge in [0.05, 0.1) is 28.4 Å². The number of halogens is 2. The maximum Gasteiger partial charge on any atom is 0.277 e. The quantitative estimate of drug-likeness (QED) is 0.679. The minimum atomic E-state index is -0.215. The molecular weight excluding hydrogens is 411 g/mol. The smallest absolute Gasteiger partial charge is 0.277 e. The Morgan fingerprint density at radius 3 is 2.89 bits per heavy atom. The first-order valence-electron chi connectivity index (χ1n) is 8.39. The van der Waals surface area contributed by atoms with Crippen LogP contribution in [-0.2, 0) is 16.1 Å². The second-order valence-electron chi connectivity index (χ2n) is 6.13. The second-order valence-corrected chi connectivity index (χ2v) is 7.87. The van der Waals surface area contributed by atoms with E-state index in [0.717, 1.165) is 23.7 Å². The summed E-state index contributed by atoms with van der Waals surface area (Å²) in [5.74, 6) is 0.430. The number of nitrogens with one attached hydrogen (secondary N) is 1. The molecule has 2 amide bonds. The average Bonchev–Trinajstić information content (AvgIpc) is 3.25. The molecule has 0 saturated carbocycles. The lowest BCUT2D eigenvalue weighted by Crippen LogP contribution is -2.28. The molecule has 1 aliphatic heterocycles. The number of hydrogen-bond donors (Lipinski definition) is 1. The Morgan fingerprint density at radius 1 is 1.37 bits per heavy atom. The molecule has 27 heavy (non-hydrogen) atoms. The molecule has 144 valence electrons. The summed E-state index contributed by atoms with van der Waals surface area (Å²) in [6, 6.07) is 5.02. The number of nitrogens with zero attached hydrogens (tertiary/aromatic N) is 3. The largest absolute Gasteiger partial charge is 0.414 e. The van der Waals surface area contributed by atoms with Crippen LogP contribution >= 0.6 is 35.0 Å². The Labute approximate surface area is 170 Å². The van der Waals surface area contributed by atoms with E-state index >= 15 is 0 Å². The van der Waals surface area contributed by atoms with Crippen molar-refractivity contribution < 1.29 is 14.0 Å². The summed E-state index contributed by atoms with van der Waals surface area (Å²) < 4.78 is 5.50. The molecule has 1 aromatic carbocycles. The molecule has 0 aliphatic carbocycles.